The summed E-state index contributed by atoms with van der Waals surface area (Å²) in [6, 6.07) is 8.33. The zero-order valence-electron chi connectivity index (χ0n) is 13.1. The van der Waals surface area contributed by atoms with Crippen molar-refractivity contribution in [3.05, 3.63) is 29.8 Å². The van der Waals surface area contributed by atoms with Gasteiger partial charge in [0.25, 0.3) is 0 Å². The Hall–Kier alpha value is -1.02. The van der Waals surface area contributed by atoms with Crippen LogP contribution in [0.15, 0.2) is 24.3 Å². The van der Waals surface area contributed by atoms with E-state index < -0.39 is 0 Å². The van der Waals surface area contributed by atoms with Gasteiger partial charge in [-0.2, -0.15) is 0 Å². The van der Waals surface area contributed by atoms with Crippen molar-refractivity contribution in [3.63, 3.8) is 0 Å². The maximum absolute atomic E-state index is 6.37. The predicted octanol–water partition coefficient (Wildman–Crippen LogP) is 4.46. The third-order valence-electron chi connectivity index (χ3n) is 5.58. The van der Waals surface area contributed by atoms with Crippen LogP contribution in [0.1, 0.15) is 45.8 Å². The predicted molar refractivity (Wildman–Crippen MR) is 80.8 cm³/mol. The highest BCUT2D eigenvalue weighted by Gasteiger charge is 2.47. The topological polar surface area (TPSA) is 18.5 Å². The molecule has 0 radical (unpaired) electrons. The molecule has 0 aliphatic carbocycles. The van der Waals surface area contributed by atoms with Crippen molar-refractivity contribution >= 4 is 0 Å². The minimum Gasteiger partial charge on any atom is -0.493 e. The Balaban J connectivity index is 1.88. The van der Waals surface area contributed by atoms with E-state index in [1.165, 1.54) is 12.0 Å². The van der Waals surface area contributed by atoms with E-state index in [9.17, 15) is 0 Å². The highest BCUT2D eigenvalue weighted by Crippen LogP contribution is 2.52. The zero-order chi connectivity index (χ0) is 14.3. The van der Waals surface area contributed by atoms with E-state index in [4.69, 9.17) is 9.47 Å². The molecule has 2 aliphatic heterocycles. The maximum atomic E-state index is 6.37. The normalized spacial score (nSPS) is 27.9. The molecule has 2 atom stereocenters. The number of rotatable bonds is 2. The van der Waals surface area contributed by atoms with Crippen LogP contribution >= 0.6 is 0 Å². The van der Waals surface area contributed by atoms with Crippen LogP contribution < -0.4 is 4.74 Å². The van der Waals surface area contributed by atoms with Gasteiger partial charge >= 0.3 is 0 Å². The molecule has 0 unspecified atom stereocenters. The lowest BCUT2D eigenvalue weighted by Gasteiger charge is -2.51. The molecule has 1 aromatic carbocycles. The van der Waals surface area contributed by atoms with E-state index in [1.54, 1.807) is 0 Å². The van der Waals surface area contributed by atoms with E-state index in [-0.39, 0.29) is 11.5 Å². The second-order valence-electron chi connectivity index (χ2n) is 7.09. The summed E-state index contributed by atoms with van der Waals surface area (Å²) in [5, 5.41) is 0. The Morgan fingerprint density at radius 1 is 1.10 bits per heavy atom. The summed E-state index contributed by atoms with van der Waals surface area (Å²) in [5.41, 5.74) is 1.53. The monoisotopic (exact) mass is 274 g/mol. The van der Waals surface area contributed by atoms with Gasteiger partial charge in [-0.3, -0.25) is 0 Å². The van der Waals surface area contributed by atoms with E-state index in [1.807, 2.05) is 6.07 Å². The molecule has 2 aliphatic rings. The van der Waals surface area contributed by atoms with Gasteiger partial charge in [0.05, 0.1) is 19.3 Å². The molecule has 0 amide bonds. The molecule has 110 valence electrons. The maximum Gasteiger partial charge on any atom is 0.125 e. The Kier molecular flexibility index (Phi) is 3.53. The highest BCUT2D eigenvalue weighted by atomic mass is 16.5. The molecule has 0 saturated carbocycles. The van der Waals surface area contributed by atoms with Gasteiger partial charge in [0, 0.05) is 11.5 Å². The zero-order valence-corrected chi connectivity index (χ0v) is 13.1. The number of fused-ring (bicyclic) bond motifs is 3. The lowest BCUT2D eigenvalue weighted by molar-refractivity contribution is -0.151. The molecule has 0 N–H and O–H groups in total. The van der Waals surface area contributed by atoms with Crippen molar-refractivity contribution in [1.29, 1.82) is 0 Å². The lowest BCUT2D eigenvalue weighted by Crippen LogP contribution is -2.47. The van der Waals surface area contributed by atoms with Crippen LogP contribution in [0.2, 0.25) is 0 Å². The van der Waals surface area contributed by atoms with Gasteiger partial charge in [0.2, 0.25) is 0 Å². The number of ether oxygens (including phenoxy) is 2. The second-order valence-corrected chi connectivity index (χ2v) is 7.09. The van der Waals surface area contributed by atoms with Crippen molar-refractivity contribution < 1.29 is 9.47 Å². The Morgan fingerprint density at radius 3 is 2.50 bits per heavy atom. The SMILES string of the molecule is CC(C)C1(C(C)C)CO[C@H]2c3ccccc3OC[C@H]2C1. The molecular formula is C18H26O2. The number of para-hydroxylation sites is 1. The molecular weight excluding hydrogens is 248 g/mol. The third-order valence-corrected chi connectivity index (χ3v) is 5.58. The summed E-state index contributed by atoms with van der Waals surface area (Å²) < 4.78 is 12.3. The van der Waals surface area contributed by atoms with Crippen molar-refractivity contribution in [2.45, 2.75) is 40.2 Å². The molecule has 2 nitrogen and oxygen atoms in total. The smallest absolute Gasteiger partial charge is 0.125 e. The fraction of sp³-hybridized carbons (Fsp3) is 0.667. The van der Waals surface area contributed by atoms with Crippen molar-refractivity contribution in [2.75, 3.05) is 13.2 Å². The van der Waals surface area contributed by atoms with Gasteiger partial charge in [-0.15, -0.1) is 0 Å². The van der Waals surface area contributed by atoms with Crippen LogP contribution in [0.4, 0.5) is 0 Å². The van der Waals surface area contributed by atoms with Gasteiger partial charge in [-0.25, -0.2) is 0 Å². The fourth-order valence-electron chi connectivity index (χ4n) is 4.04. The van der Waals surface area contributed by atoms with Crippen LogP contribution in [0.5, 0.6) is 5.75 Å². The van der Waals surface area contributed by atoms with E-state index >= 15 is 0 Å². The Bertz CT molecular complexity index is 470. The van der Waals surface area contributed by atoms with E-state index in [2.05, 4.69) is 45.9 Å². The minimum atomic E-state index is 0.227. The first-order valence-corrected chi connectivity index (χ1v) is 7.88. The van der Waals surface area contributed by atoms with Gasteiger partial charge in [0.15, 0.2) is 0 Å². The summed E-state index contributed by atoms with van der Waals surface area (Å²) in [7, 11) is 0. The van der Waals surface area contributed by atoms with Gasteiger partial charge < -0.3 is 9.47 Å². The quantitative estimate of drug-likeness (QED) is 0.793. The minimum absolute atomic E-state index is 0.227. The molecule has 1 fully saturated rings. The first kappa shape index (κ1) is 13.9. The fourth-order valence-corrected chi connectivity index (χ4v) is 4.04. The van der Waals surface area contributed by atoms with Crippen molar-refractivity contribution in [2.24, 2.45) is 23.2 Å². The van der Waals surface area contributed by atoms with Gasteiger partial charge in [-0.1, -0.05) is 45.9 Å². The van der Waals surface area contributed by atoms with Crippen LogP contribution in [-0.4, -0.2) is 13.2 Å². The average molecular weight is 274 g/mol. The number of hydrogen-bond donors (Lipinski definition) is 0. The number of hydrogen-bond acceptors (Lipinski definition) is 2. The Morgan fingerprint density at radius 2 is 1.80 bits per heavy atom. The Labute approximate surface area is 122 Å². The molecule has 0 aromatic heterocycles. The molecule has 20 heavy (non-hydrogen) atoms. The molecule has 1 aromatic rings. The van der Waals surface area contributed by atoms with Crippen molar-refractivity contribution in [1.82, 2.24) is 0 Å². The lowest BCUT2D eigenvalue weighted by atomic mass is 9.62. The largest absolute Gasteiger partial charge is 0.493 e. The molecule has 1 saturated heterocycles. The van der Waals surface area contributed by atoms with Crippen LogP contribution in [0.3, 0.4) is 0 Å². The van der Waals surface area contributed by atoms with Crippen LogP contribution in [0, 0.1) is 23.2 Å². The van der Waals surface area contributed by atoms with Crippen molar-refractivity contribution in [3.8, 4) is 5.75 Å². The van der Waals surface area contributed by atoms with Crippen LogP contribution in [0.25, 0.3) is 0 Å². The summed E-state index contributed by atoms with van der Waals surface area (Å²) in [4.78, 5) is 0. The number of benzene rings is 1. The average Bonchev–Trinajstić information content (AvgIpc) is 2.46. The summed E-state index contributed by atoms with van der Waals surface area (Å²) in [6.07, 6.45) is 1.44. The molecule has 3 rings (SSSR count). The summed E-state index contributed by atoms with van der Waals surface area (Å²) in [6.45, 7) is 11.0. The summed E-state index contributed by atoms with van der Waals surface area (Å²) >= 11 is 0. The first-order valence-electron chi connectivity index (χ1n) is 7.88. The molecule has 0 bridgehead atoms. The standard InChI is InChI=1S/C18H26O2/c1-12(2)18(13(3)4)9-14-10-19-16-8-6-5-7-15(16)17(14)20-11-18/h5-8,12-14,17H,9-11H2,1-4H3/t14-,17-/m1/s1. The van der Waals surface area contributed by atoms with Crippen LogP contribution in [-0.2, 0) is 4.74 Å². The molecule has 2 heterocycles. The highest BCUT2D eigenvalue weighted by molar-refractivity contribution is 5.37. The molecule has 2 heteroatoms. The van der Waals surface area contributed by atoms with Gasteiger partial charge in [-0.05, 0) is 29.7 Å². The summed E-state index contributed by atoms with van der Waals surface area (Å²) in [5.74, 6) is 2.78. The third kappa shape index (κ3) is 2.05. The van der Waals surface area contributed by atoms with E-state index in [0.29, 0.717) is 17.8 Å². The van der Waals surface area contributed by atoms with E-state index in [0.717, 1.165) is 19.0 Å². The molecule has 0 spiro atoms. The first-order chi connectivity index (χ1) is 9.54. The van der Waals surface area contributed by atoms with Gasteiger partial charge in [0.1, 0.15) is 5.75 Å². The second kappa shape index (κ2) is 5.07.